The first kappa shape index (κ1) is 33.8. The summed E-state index contributed by atoms with van der Waals surface area (Å²) < 4.78 is 0. The van der Waals surface area contributed by atoms with Crippen LogP contribution in [0.4, 0.5) is 0 Å². The number of aliphatic hydroxyl groups is 1. The van der Waals surface area contributed by atoms with Crippen molar-refractivity contribution in [1.82, 2.24) is 0 Å². The molecule has 0 amide bonds. The fourth-order valence-corrected chi connectivity index (χ4v) is 0. The fraction of sp³-hybridized carbons (Fsp3) is 1.00. The quantitative estimate of drug-likeness (QED) is 0.625. The normalized spacial score (nSPS) is 1.20. The largest absolute Gasteiger partial charge is 0.400 e. The van der Waals surface area contributed by atoms with Gasteiger partial charge in [0.05, 0.1) is 0 Å². The smallest absolute Gasteiger partial charge is 0.0319 e. The van der Waals surface area contributed by atoms with Crippen LogP contribution in [-0.2, 0) is 40.5 Å². The molecular weight excluding hydrogens is 336 g/mol. The van der Waals surface area contributed by atoms with Crippen LogP contribution >= 0.6 is 0 Å². The first-order chi connectivity index (χ1) is 1.00. The second-order valence-electron chi connectivity index (χ2n) is 0. The van der Waals surface area contributed by atoms with Crippen molar-refractivity contribution in [2.24, 2.45) is 0 Å². The van der Waals surface area contributed by atoms with Gasteiger partial charge >= 0.3 is 0 Å². The van der Waals surface area contributed by atoms with E-state index in [2.05, 4.69) is 0 Å². The molecule has 0 fully saturated rings. The third kappa shape index (κ3) is 34.9. The molecule has 0 atom stereocenters. The number of hydrogen-bond donors (Lipinski definition) is 1. The van der Waals surface area contributed by atoms with Crippen molar-refractivity contribution in [1.29, 1.82) is 0 Å². The molecule has 1 N–H and O–H groups in total. The van der Waals surface area contributed by atoms with Crippen LogP contribution in [0.25, 0.3) is 0 Å². The fourth-order valence-electron chi connectivity index (χ4n) is 0. The minimum Gasteiger partial charge on any atom is -0.400 e. The maximum absolute atomic E-state index is 7.00. The van der Waals surface area contributed by atoms with Gasteiger partial charge in [-0.15, -0.1) is 0 Å². The number of hydrogen-bond acceptors (Lipinski definition) is 1. The van der Waals surface area contributed by atoms with E-state index in [9.17, 15) is 0 Å². The predicted octanol–water partition coefficient (Wildman–Crippen LogP) is 0.240. The van der Waals surface area contributed by atoms with Gasteiger partial charge < -0.3 is 5.11 Å². The Morgan fingerprint density at radius 2 is 1.20 bits per heavy atom. The Balaban J connectivity index is -0.00000000167. The minimum atomic E-state index is 0. The van der Waals surface area contributed by atoms with Crippen LogP contribution in [-0.4, -0.2) is 12.2 Å². The summed E-state index contributed by atoms with van der Waals surface area (Å²) in [6.45, 7) is 0. The Hall–Kier alpha value is 1.27. The molecule has 5 heavy (non-hydrogen) atoms. The third-order valence-electron chi connectivity index (χ3n) is 0. The molecule has 0 aromatic heterocycles. The number of aliphatic hydroxyl groups excluding tert-OH is 1. The summed E-state index contributed by atoms with van der Waals surface area (Å²) in [5, 5.41) is 7.00. The molecule has 0 aliphatic carbocycles. The van der Waals surface area contributed by atoms with Crippen molar-refractivity contribution < 1.29 is 45.6 Å². The summed E-state index contributed by atoms with van der Waals surface area (Å²) >= 11 is 0. The summed E-state index contributed by atoms with van der Waals surface area (Å²) in [6.07, 6.45) is 0. The molecule has 0 aromatic carbocycles. The van der Waals surface area contributed by atoms with Crippen molar-refractivity contribution in [3.63, 3.8) is 0 Å². The summed E-state index contributed by atoms with van der Waals surface area (Å²) in [5.41, 5.74) is 0. The molecule has 0 aliphatic heterocycles. The van der Waals surface area contributed by atoms with E-state index in [0.717, 1.165) is 7.11 Å². The molecule has 0 spiro atoms. The molecule has 0 aliphatic rings. The molecule has 0 radical (unpaired) electrons. The van der Waals surface area contributed by atoms with Crippen LogP contribution in [0.3, 0.4) is 0 Å². The van der Waals surface area contributed by atoms with Gasteiger partial charge in [0.15, 0.2) is 0 Å². The van der Waals surface area contributed by atoms with E-state index in [1.54, 1.807) is 0 Å². The van der Waals surface area contributed by atoms with Gasteiger partial charge in [-0.3, -0.25) is 0 Å². The van der Waals surface area contributed by atoms with Crippen LogP contribution in [0.5, 0.6) is 0 Å². The Bertz CT molecular complexity index is 9.61. The topological polar surface area (TPSA) is 20.2 Å². The molecule has 0 unspecified atom stereocenters. The molecule has 0 aromatic rings. The predicted molar refractivity (Wildman–Crippen MR) is 14.9 cm³/mol. The summed E-state index contributed by atoms with van der Waals surface area (Å²) in [6, 6.07) is 0. The summed E-state index contributed by atoms with van der Waals surface area (Å²) in [7, 11) is 1.00. The SMILES string of the molecule is C.CO.[Pt].[Ru]. The monoisotopic (exact) mass is 345 g/mol. The zero-order valence-electron chi connectivity index (χ0n) is 2.12. The van der Waals surface area contributed by atoms with Gasteiger partial charge in [-0.05, 0) is 0 Å². The molecule has 0 bridgehead atoms. The van der Waals surface area contributed by atoms with Crippen molar-refractivity contribution in [3.8, 4) is 0 Å². The van der Waals surface area contributed by atoms with Gasteiger partial charge in [0.25, 0.3) is 0 Å². The Labute approximate surface area is 60.2 Å². The van der Waals surface area contributed by atoms with Gasteiger partial charge in [-0.2, -0.15) is 0 Å². The van der Waals surface area contributed by atoms with Gasteiger partial charge in [-0.1, -0.05) is 7.43 Å². The molecule has 0 saturated heterocycles. The second kappa shape index (κ2) is 59.5. The van der Waals surface area contributed by atoms with Crippen molar-refractivity contribution in [2.75, 3.05) is 7.11 Å². The summed E-state index contributed by atoms with van der Waals surface area (Å²) in [4.78, 5) is 0. The van der Waals surface area contributed by atoms with E-state index in [1.807, 2.05) is 0 Å². The minimum absolute atomic E-state index is 0. The van der Waals surface area contributed by atoms with E-state index >= 15 is 0 Å². The molecular formula is C2H8OPtRu. The number of rotatable bonds is 0. The van der Waals surface area contributed by atoms with E-state index in [1.165, 1.54) is 0 Å². The average Bonchev–Trinajstić information content (AvgIpc) is 1.00. The molecule has 0 heterocycles. The van der Waals surface area contributed by atoms with Crippen molar-refractivity contribution in [3.05, 3.63) is 0 Å². The molecule has 0 rings (SSSR count). The van der Waals surface area contributed by atoms with Gasteiger partial charge in [0, 0.05) is 47.7 Å². The Kier molecular flexibility index (Phi) is 402. The van der Waals surface area contributed by atoms with Gasteiger partial charge in [0.1, 0.15) is 0 Å². The molecule has 40 valence electrons. The van der Waals surface area contributed by atoms with Crippen molar-refractivity contribution >= 4 is 0 Å². The first-order valence-corrected chi connectivity index (χ1v) is 0.447. The van der Waals surface area contributed by atoms with E-state index in [0.29, 0.717) is 0 Å². The first-order valence-electron chi connectivity index (χ1n) is 0.447. The van der Waals surface area contributed by atoms with Crippen LogP contribution in [0.2, 0.25) is 0 Å². The zero-order valence-corrected chi connectivity index (χ0v) is 6.13. The van der Waals surface area contributed by atoms with Crippen molar-refractivity contribution in [2.45, 2.75) is 7.43 Å². The maximum Gasteiger partial charge on any atom is 0.0319 e. The average molecular weight is 344 g/mol. The zero-order chi connectivity index (χ0) is 2.00. The standard InChI is InChI=1S/CH4O.CH4.Pt.Ru/c1-2;;;/h2H,1H3;1H4;;. The van der Waals surface area contributed by atoms with Crippen LogP contribution in [0.15, 0.2) is 0 Å². The summed E-state index contributed by atoms with van der Waals surface area (Å²) in [5.74, 6) is 0. The Morgan fingerprint density at radius 1 is 1.20 bits per heavy atom. The van der Waals surface area contributed by atoms with Gasteiger partial charge in [-0.25, -0.2) is 0 Å². The molecule has 3 heteroatoms. The van der Waals surface area contributed by atoms with Crippen LogP contribution in [0, 0.1) is 0 Å². The maximum atomic E-state index is 7.00. The van der Waals surface area contributed by atoms with E-state index in [4.69, 9.17) is 5.11 Å². The van der Waals surface area contributed by atoms with Gasteiger partial charge in [0.2, 0.25) is 0 Å². The molecule has 0 saturated carbocycles. The second-order valence-corrected chi connectivity index (χ2v) is 0. The van der Waals surface area contributed by atoms with E-state index in [-0.39, 0.29) is 48.0 Å². The third-order valence-corrected chi connectivity index (χ3v) is 0. The van der Waals surface area contributed by atoms with E-state index < -0.39 is 0 Å². The van der Waals surface area contributed by atoms with Crippen LogP contribution in [0.1, 0.15) is 7.43 Å². The Morgan fingerprint density at radius 3 is 1.20 bits per heavy atom. The molecule has 1 nitrogen and oxygen atoms in total. The van der Waals surface area contributed by atoms with Crippen LogP contribution < -0.4 is 0 Å².